The van der Waals surface area contributed by atoms with E-state index in [4.69, 9.17) is 26.3 Å². The number of ether oxygens (including phenoxy) is 2. The highest BCUT2D eigenvalue weighted by Gasteiger charge is 2.20. The zero-order valence-corrected chi connectivity index (χ0v) is 17.0. The summed E-state index contributed by atoms with van der Waals surface area (Å²) in [6, 6.07) is 6.19. The first-order valence-corrected chi connectivity index (χ1v) is 9.78. The molecular weight excluding hydrogens is 390 g/mol. The van der Waals surface area contributed by atoms with Crippen molar-refractivity contribution in [3.8, 4) is 17.7 Å². The molecule has 0 aliphatic carbocycles. The lowest BCUT2D eigenvalue weighted by molar-refractivity contribution is 0.0664. The largest absolute Gasteiger partial charge is 0.438 e. The van der Waals surface area contributed by atoms with E-state index in [1.54, 1.807) is 6.08 Å². The molecule has 1 aliphatic rings. The lowest BCUT2D eigenvalue weighted by Gasteiger charge is -2.21. The summed E-state index contributed by atoms with van der Waals surface area (Å²) in [5, 5.41) is 14.1. The number of fused-ring (bicyclic) bond motifs is 1. The normalized spacial score (nSPS) is 15.1. The van der Waals surface area contributed by atoms with E-state index in [2.05, 4.69) is 15.1 Å². The molecule has 1 aromatic carbocycles. The Bertz CT molecular complexity index is 1100. The number of nitrogens with zero attached hydrogens (tertiary/aromatic N) is 5. The van der Waals surface area contributed by atoms with Crippen molar-refractivity contribution in [2.24, 2.45) is 0 Å². The van der Waals surface area contributed by atoms with Crippen LogP contribution >= 0.6 is 11.6 Å². The number of halogens is 1. The number of hydrogen-bond acceptors (Lipinski definition) is 6. The lowest BCUT2D eigenvalue weighted by Crippen LogP contribution is -2.19. The molecule has 8 heteroatoms. The minimum absolute atomic E-state index is 0.0913. The van der Waals surface area contributed by atoms with Crippen molar-refractivity contribution in [3.05, 3.63) is 46.4 Å². The van der Waals surface area contributed by atoms with E-state index in [-0.39, 0.29) is 11.3 Å². The first-order chi connectivity index (χ1) is 14.0. The number of benzene rings is 1. The predicted octanol–water partition coefficient (Wildman–Crippen LogP) is 4.78. The second-order valence-corrected chi connectivity index (χ2v) is 7.37. The Kier molecular flexibility index (Phi) is 5.47. The molecule has 1 fully saturated rings. The Hall–Kier alpha value is -2.95. The highest BCUT2D eigenvalue weighted by molar-refractivity contribution is 6.28. The zero-order valence-electron chi connectivity index (χ0n) is 16.2. The van der Waals surface area contributed by atoms with Gasteiger partial charge in [0.2, 0.25) is 11.2 Å². The number of nitriles is 1. The fraction of sp³-hybridized carbons (Fsp3) is 0.333. The molecule has 1 saturated heterocycles. The third-order valence-corrected chi connectivity index (χ3v) is 5.10. The highest BCUT2D eigenvalue weighted by Crippen LogP contribution is 2.34. The van der Waals surface area contributed by atoms with Crippen LogP contribution in [0.3, 0.4) is 0 Å². The number of hydrogen-bond donors (Lipinski definition) is 0. The molecule has 0 bridgehead atoms. The van der Waals surface area contributed by atoms with Crippen molar-refractivity contribution in [1.82, 2.24) is 19.7 Å². The molecule has 4 rings (SSSR count). The molecule has 3 heterocycles. The molecule has 148 valence electrons. The Morgan fingerprint density at radius 1 is 1.24 bits per heavy atom. The van der Waals surface area contributed by atoms with E-state index >= 15 is 0 Å². The minimum atomic E-state index is 0.0913. The van der Waals surface area contributed by atoms with Crippen molar-refractivity contribution >= 4 is 28.7 Å². The van der Waals surface area contributed by atoms with Crippen LogP contribution in [0.25, 0.3) is 17.1 Å². The Labute approximate surface area is 173 Å². The van der Waals surface area contributed by atoms with Crippen molar-refractivity contribution in [1.29, 1.82) is 5.26 Å². The van der Waals surface area contributed by atoms with Crippen molar-refractivity contribution < 1.29 is 9.47 Å². The summed E-state index contributed by atoms with van der Waals surface area (Å²) in [5.74, 6) is 1.08. The van der Waals surface area contributed by atoms with E-state index in [9.17, 15) is 0 Å². The van der Waals surface area contributed by atoms with Gasteiger partial charge in [0.15, 0.2) is 5.65 Å². The summed E-state index contributed by atoms with van der Waals surface area (Å²) in [5.41, 5.74) is 3.31. The van der Waals surface area contributed by atoms with Crippen LogP contribution in [0.4, 0.5) is 0 Å². The fourth-order valence-corrected chi connectivity index (χ4v) is 3.71. The highest BCUT2D eigenvalue weighted by atomic mass is 35.5. The molecule has 2 aromatic heterocycles. The van der Waals surface area contributed by atoms with Crippen LogP contribution in [-0.4, -0.2) is 33.0 Å². The Morgan fingerprint density at radius 2 is 1.97 bits per heavy atom. The molecule has 0 amide bonds. The molecule has 0 radical (unpaired) electrons. The SMILES string of the molecule is Cc1cc(/C=C/C#N)cc(C)c1Oc1nc(Cl)nc2nn(C3CCOCC3)cc12. The Balaban J connectivity index is 1.71. The predicted molar refractivity (Wildman–Crippen MR) is 110 cm³/mol. The van der Waals surface area contributed by atoms with Crippen LogP contribution < -0.4 is 4.74 Å². The smallest absolute Gasteiger partial charge is 0.234 e. The van der Waals surface area contributed by atoms with Gasteiger partial charge < -0.3 is 9.47 Å². The fourth-order valence-electron chi connectivity index (χ4n) is 3.56. The van der Waals surface area contributed by atoms with E-state index < -0.39 is 0 Å². The van der Waals surface area contributed by atoms with Gasteiger partial charge in [-0.15, -0.1) is 0 Å². The molecule has 0 N–H and O–H groups in total. The lowest BCUT2D eigenvalue weighted by atomic mass is 10.1. The van der Waals surface area contributed by atoms with Gasteiger partial charge >= 0.3 is 0 Å². The quantitative estimate of drug-likeness (QED) is 0.455. The maximum atomic E-state index is 8.74. The van der Waals surface area contributed by atoms with Gasteiger partial charge in [-0.25, -0.2) is 0 Å². The van der Waals surface area contributed by atoms with Crippen molar-refractivity contribution in [2.45, 2.75) is 32.7 Å². The van der Waals surface area contributed by atoms with Gasteiger partial charge in [-0.05, 0) is 73.2 Å². The third-order valence-electron chi connectivity index (χ3n) is 4.93. The van der Waals surface area contributed by atoms with Gasteiger partial charge in [-0.2, -0.15) is 20.3 Å². The van der Waals surface area contributed by atoms with Gasteiger partial charge in [0, 0.05) is 25.5 Å². The maximum absolute atomic E-state index is 8.74. The van der Waals surface area contributed by atoms with Crippen LogP contribution in [0.2, 0.25) is 5.28 Å². The standard InChI is InChI=1S/C21H20ClN5O2/c1-13-10-15(4-3-7-23)11-14(2)18(13)29-20-17-12-27(16-5-8-28-9-6-16)26-19(17)24-21(22)25-20/h3-4,10-12,16H,5-6,8-9H2,1-2H3/b4-3+. The van der Waals surface area contributed by atoms with E-state index in [0.717, 1.165) is 42.7 Å². The maximum Gasteiger partial charge on any atom is 0.234 e. The summed E-state index contributed by atoms with van der Waals surface area (Å²) < 4.78 is 13.5. The molecule has 29 heavy (non-hydrogen) atoms. The van der Waals surface area contributed by atoms with Gasteiger partial charge in [-0.1, -0.05) is 0 Å². The zero-order chi connectivity index (χ0) is 20.4. The summed E-state index contributed by atoms with van der Waals surface area (Å²) in [7, 11) is 0. The topological polar surface area (TPSA) is 85.9 Å². The van der Waals surface area contributed by atoms with E-state index in [0.29, 0.717) is 22.7 Å². The number of allylic oxidation sites excluding steroid dienone is 1. The molecular formula is C21H20ClN5O2. The van der Waals surface area contributed by atoms with Crippen LogP contribution in [0, 0.1) is 25.2 Å². The van der Waals surface area contributed by atoms with Crippen molar-refractivity contribution in [3.63, 3.8) is 0 Å². The number of rotatable bonds is 4. The van der Waals surface area contributed by atoms with Gasteiger partial charge in [0.05, 0.1) is 12.1 Å². The van der Waals surface area contributed by atoms with Crippen LogP contribution in [-0.2, 0) is 4.74 Å². The van der Waals surface area contributed by atoms with Gasteiger partial charge in [0.1, 0.15) is 11.1 Å². The molecule has 3 aromatic rings. The second-order valence-electron chi connectivity index (χ2n) is 7.04. The first-order valence-electron chi connectivity index (χ1n) is 9.40. The van der Waals surface area contributed by atoms with Crippen LogP contribution in [0.15, 0.2) is 24.4 Å². The first kappa shape index (κ1) is 19.4. The van der Waals surface area contributed by atoms with E-state index in [1.807, 2.05) is 42.9 Å². The molecule has 0 spiro atoms. The summed E-state index contributed by atoms with van der Waals surface area (Å²) in [6.45, 7) is 5.36. The number of aromatic nitrogens is 4. The average Bonchev–Trinajstić information content (AvgIpc) is 3.14. The summed E-state index contributed by atoms with van der Waals surface area (Å²) >= 11 is 6.14. The molecule has 1 aliphatic heterocycles. The van der Waals surface area contributed by atoms with Crippen molar-refractivity contribution in [2.75, 3.05) is 13.2 Å². The monoisotopic (exact) mass is 409 g/mol. The van der Waals surface area contributed by atoms with Gasteiger partial charge in [-0.3, -0.25) is 4.68 Å². The summed E-state index contributed by atoms with van der Waals surface area (Å²) in [6.07, 6.45) is 6.95. The molecule has 0 atom stereocenters. The third kappa shape index (κ3) is 4.09. The molecule has 0 unspecified atom stereocenters. The molecule has 7 nitrogen and oxygen atoms in total. The second kappa shape index (κ2) is 8.19. The van der Waals surface area contributed by atoms with Crippen LogP contribution in [0.5, 0.6) is 11.6 Å². The minimum Gasteiger partial charge on any atom is -0.438 e. The Morgan fingerprint density at radius 3 is 2.66 bits per heavy atom. The molecule has 0 saturated carbocycles. The van der Waals surface area contributed by atoms with E-state index in [1.165, 1.54) is 6.08 Å². The number of aryl methyl sites for hydroxylation is 2. The van der Waals surface area contributed by atoms with Crippen LogP contribution in [0.1, 0.15) is 35.6 Å². The summed E-state index contributed by atoms with van der Waals surface area (Å²) in [4.78, 5) is 8.56. The van der Waals surface area contributed by atoms with Gasteiger partial charge in [0.25, 0.3) is 0 Å². The average molecular weight is 410 g/mol.